The van der Waals surface area contributed by atoms with Crippen LogP contribution in [0.1, 0.15) is 46.3 Å². The Hall–Kier alpha value is -0.870. The fraction of sp³-hybridized carbons (Fsp3) is 0.800. The number of rotatable bonds is 3. The third-order valence-corrected chi connectivity index (χ3v) is 3.79. The highest BCUT2D eigenvalue weighted by atomic mass is 16.4. The maximum Gasteiger partial charge on any atom is 0.208 e. The number of aromatic nitrogens is 1. The van der Waals surface area contributed by atoms with Crippen LogP contribution in [-0.2, 0) is 12.0 Å². The van der Waals surface area contributed by atoms with E-state index >= 15 is 0 Å². The first kappa shape index (κ1) is 14.5. The summed E-state index contributed by atoms with van der Waals surface area (Å²) >= 11 is 0. The third-order valence-electron chi connectivity index (χ3n) is 3.79. The number of hydrogen-bond donors (Lipinski definition) is 0. The summed E-state index contributed by atoms with van der Waals surface area (Å²) in [5.41, 5.74) is 0.0432. The normalized spacial score (nSPS) is 19.3. The molecular weight excluding hydrogens is 238 g/mol. The molecule has 0 aliphatic carbocycles. The van der Waals surface area contributed by atoms with Crippen molar-refractivity contribution >= 4 is 0 Å². The maximum absolute atomic E-state index is 5.86. The second-order valence-electron chi connectivity index (χ2n) is 6.77. The monoisotopic (exact) mass is 265 g/mol. The zero-order valence-electron chi connectivity index (χ0n) is 12.9. The van der Waals surface area contributed by atoms with Gasteiger partial charge in [0.2, 0.25) is 5.89 Å². The molecule has 0 N–H and O–H groups in total. The molecule has 1 saturated heterocycles. The molecule has 1 fully saturated rings. The molecule has 4 nitrogen and oxygen atoms in total. The number of nitrogens with zero attached hydrogens (tertiary/aromatic N) is 3. The molecule has 2 heterocycles. The van der Waals surface area contributed by atoms with E-state index in [1.165, 1.54) is 0 Å². The van der Waals surface area contributed by atoms with Crippen molar-refractivity contribution in [2.45, 2.75) is 52.6 Å². The van der Waals surface area contributed by atoms with Crippen LogP contribution in [0.15, 0.2) is 10.6 Å². The van der Waals surface area contributed by atoms with Gasteiger partial charge in [-0.2, -0.15) is 0 Å². The minimum atomic E-state index is 0.0432. The smallest absolute Gasteiger partial charge is 0.208 e. The van der Waals surface area contributed by atoms with Gasteiger partial charge < -0.3 is 4.42 Å². The van der Waals surface area contributed by atoms with Crippen LogP contribution in [0.3, 0.4) is 0 Å². The van der Waals surface area contributed by atoms with Crippen LogP contribution in [0.25, 0.3) is 0 Å². The van der Waals surface area contributed by atoms with Crippen LogP contribution >= 0.6 is 0 Å². The van der Waals surface area contributed by atoms with E-state index in [1.807, 2.05) is 6.20 Å². The molecule has 1 aliphatic rings. The van der Waals surface area contributed by atoms with E-state index in [4.69, 9.17) is 4.42 Å². The lowest BCUT2D eigenvalue weighted by molar-refractivity contribution is 0.0971. The highest BCUT2D eigenvalue weighted by Gasteiger charge is 2.22. The molecule has 0 saturated carbocycles. The van der Waals surface area contributed by atoms with Gasteiger partial charge in [-0.3, -0.25) is 9.80 Å². The van der Waals surface area contributed by atoms with Gasteiger partial charge in [-0.05, 0) is 13.8 Å². The van der Waals surface area contributed by atoms with Gasteiger partial charge in [0.15, 0.2) is 0 Å². The van der Waals surface area contributed by atoms with E-state index in [0.717, 1.165) is 44.4 Å². The lowest BCUT2D eigenvalue weighted by atomic mass is 9.94. The lowest BCUT2D eigenvalue weighted by Crippen LogP contribution is -2.48. The molecule has 4 heteroatoms. The van der Waals surface area contributed by atoms with Crippen molar-refractivity contribution in [1.29, 1.82) is 0 Å². The SMILES string of the molecule is CC(C)N1CCN(Cc2ncc(C(C)(C)C)o2)CC1. The Balaban J connectivity index is 1.87. The largest absolute Gasteiger partial charge is 0.444 e. The van der Waals surface area contributed by atoms with Gasteiger partial charge in [0.1, 0.15) is 5.76 Å². The summed E-state index contributed by atoms with van der Waals surface area (Å²) in [6.07, 6.45) is 1.87. The van der Waals surface area contributed by atoms with Gasteiger partial charge in [-0.1, -0.05) is 20.8 Å². The Kier molecular flexibility index (Phi) is 4.31. The Morgan fingerprint density at radius 1 is 1.21 bits per heavy atom. The molecule has 2 rings (SSSR count). The molecule has 0 aromatic carbocycles. The van der Waals surface area contributed by atoms with Crippen molar-refractivity contribution in [2.75, 3.05) is 26.2 Å². The predicted molar refractivity (Wildman–Crippen MR) is 77.2 cm³/mol. The molecule has 0 amide bonds. The van der Waals surface area contributed by atoms with Crippen LogP contribution in [0.4, 0.5) is 0 Å². The van der Waals surface area contributed by atoms with Crippen molar-refractivity contribution in [2.24, 2.45) is 0 Å². The Bertz CT molecular complexity index is 398. The summed E-state index contributed by atoms with van der Waals surface area (Å²) < 4.78 is 5.86. The van der Waals surface area contributed by atoms with Gasteiger partial charge in [0.05, 0.1) is 12.7 Å². The van der Waals surface area contributed by atoms with Crippen molar-refractivity contribution < 1.29 is 4.42 Å². The standard InChI is InChI=1S/C15H27N3O/c1-12(2)18-8-6-17(7-9-18)11-14-16-10-13(19-14)15(3,4)5/h10,12H,6-9,11H2,1-5H3. The molecular formula is C15H27N3O. The van der Waals surface area contributed by atoms with E-state index in [-0.39, 0.29) is 5.41 Å². The molecule has 1 aliphatic heterocycles. The molecule has 1 aromatic heterocycles. The molecule has 0 bridgehead atoms. The molecule has 108 valence electrons. The van der Waals surface area contributed by atoms with Crippen LogP contribution < -0.4 is 0 Å². The minimum absolute atomic E-state index is 0.0432. The van der Waals surface area contributed by atoms with Gasteiger partial charge in [-0.25, -0.2) is 4.98 Å². The summed E-state index contributed by atoms with van der Waals surface area (Å²) in [6, 6.07) is 0.649. The van der Waals surface area contributed by atoms with Gasteiger partial charge in [0, 0.05) is 37.6 Å². The second-order valence-corrected chi connectivity index (χ2v) is 6.77. The third kappa shape index (κ3) is 3.80. The molecule has 0 spiro atoms. The fourth-order valence-electron chi connectivity index (χ4n) is 2.36. The molecule has 19 heavy (non-hydrogen) atoms. The fourth-order valence-corrected chi connectivity index (χ4v) is 2.36. The molecule has 0 atom stereocenters. The maximum atomic E-state index is 5.86. The van der Waals surface area contributed by atoms with E-state index in [1.54, 1.807) is 0 Å². The first-order valence-corrected chi connectivity index (χ1v) is 7.28. The van der Waals surface area contributed by atoms with E-state index in [9.17, 15) is 0 Å². The van der Waals surface area contributed by atoms with Crippen LogP contribution in [0.2, 0.25) is 0 Å². The van der Waals surface area contributed by atoms with E-state index in [2.05, 4.69) is 49.4 Å². The van der Waals surface area contributed by atoms with E-state index in [0.29, 0.717) is 6.04 Å². The van der Waals surface area contributed by atoms with E-state index < -0.39 is 0 Å². The Morgan fingerprint density at radius 3 is 2.32 bits per heavy atom. The second kappa shape index (κ2) is 5.63. The summed E-state index contributed by atoms with van der Waals surface area (Å²) in [5.74, 6) is 1.83. The summed E-state index contributed by atoms with van der Waals surface area (Å²) in [6.45, 7) is 16.3. The van der Waals surface area contributed by atoms with Crippen LogP contribution in [-0.4, -0.2) is 47.0 Å². The van der Waals surface area contributed by atoms with Crippen molar-refractivity contribution in [3.8, 4) is 0 Å². The van der Waals surface area contributed by atoms with Crippen molar-refractivity contribution in [3.63, 3.8) is 0 Å². The van der Waals surface area contributed by atoms with Gasteiger partial charge >= 0.3 is 0 Å². The number of hydrogen-bond acceptors (Lipinski definition) is 4. The average Bonchev–Trinajstić information content (AvgIpc) is 2.78. The molecule has 1 aromatic rings. The molecule has 0 unspecified atom stereocenters. The number of oxazole rings is 1. The topological polar surface area (TPSA) is 32.5 Å². The quantitative estimate of drug-likeness (QED) is 0.840. The Morgan fingerprint density at radius 2 is 1.84 bits per heavy atom. The van der Waals surface area contributed by atoms with Crippen molar-refractivity contribution in [3.05, 3.63) is 17.8 Å². The summed E-state index contributed by atoms with van der Waals surface area (Å²) in [5, 5.41) is 0. The first-order chi connectivity index (χ1) is 8.86. The molecule has 0 radical (unpaired) electrons. The average molecular weight is 265 g/mol. The Labute approximate surface area is 116 Å². The minimum Gasteiger partial charge on any atom is -0.444 e. The highest BCUT2D eigenvalue weighted by molar-refractivity contribution is 5.06. The lowest BCUT2D eigenvalue weighted by Gasteiger charge is -2.36. The summed E-state index contributed by atoms with van der Waals surface area (Å²) in [7, 11) is 0. The van der Waals surface area contributed by atoms with Gasteiger partial charge in [0.25, 0.3) is 0 Å². The zero-order chi connectivity index (χ0) is 14.0. The zero-order valence-corrected chi connectivity index (χ0v) is 12.9. The highest BCUT2D eigenvalue weighted by Crippen LogP contribution is 2.23. The van der Waals surface area contributed by atoms with Crippen LogP contribution in [0.5, 0.6) is 0 Å². The van der Waals surface area contributed by atoms with Crippen molar-refractivity contribution in [1.82, 2.24) is 14.8 Å². The summed E-state index contributed by atoms with van der Waals surface area (Å²) in [4.78, 5) is 9.36. The van der Waals surface area contributed by atoms with Crippen LogP contribution in [0, 0.1) is 0 Å². The van der Waals surface area contributed by atoms with Gasteiger partial charge in [-0.15, -0.1) is 0 Å². The predicted octanol–water partition coefficient (Wildman–Crippen LogP) is 2.50. The number of piperazine rings is 1. The first-order valence-electron chi connectivity index (χ1n) is 7.28.